The molecule has 0 saturated heterocycles. The molecule has 0 aliphatic rings. The zero-order valence-electron chi connectivity index (χ0n) is 8.27. The maximum Gasteiger partial charge on any atom is 0.148 e. The molecule has 0 aromatic carbocycles. The predicted octanol–water partition coefficient (Wildman–Crippen LogP) is 2.69. The molecular weight excluding hydrogens is 230 g/mol. The Bertz CT molecular complexity index is 455. The van der Waals surface area contributed by atoms with E-state index < -0.39 is 0 Å². The summed E-state index contributed by atoms with van der Waals surface area (Å²) in [4.78, 5) is 4.05. The highest BCUT2D eigenvalue weighted by Gasteiger charge is 2.08. The second kappa shape index (κ2) is 4.68. The number of rotatable bonds is 3. The Morgan fingerprint density at radius 1 is 1.40 bits per heavy atom. The van der Waals surface area contributed by atoms with Crippen molar-refractivity contribution in [3.05, 3.63) is 29.0 Å². The van der Waals surface area contributed by atoms with Crippen molar-refractivity contribution < 1.29 is 0 Å². The fourth-order valence-corrected chi connectivity index (χ4v) is 2.48. The molecule has 15 heavy (non-hydrogen) atoms. The molecule has 0 N–H and O–H groups in total. The molecule has 0 spiro atoms. The molecule has 2 aromatic heterocycles. The SMILES string of the molecule is Cc1cnccc1-c1nnc(CCCl)s1. The van der Waals surface area contributed by atoms with Gasteiger partial charge in [0.15, 0.2) is 0 Å². The largest absolute Gasteiger partial charge is 0.264 e. The van der Waals surface area contributed by atoms with Crippen LogP contribution in [-0.2, 0) is 6.42 Å². The summed E-state index contributed by atoms with van der Waals surface area (Å²) >= 11 is 7.24. The van der Waals surface area contributed by atoms with E-state index in [4.69, 9.17) is 11.6 Å². The van der Waals surface area contributed by atoms with Crippen molar-refractivity contribution in [3.63, 3.8) is 0 Å². The van der Waals surface area contributed by atoms with Gasteiger partial charge in [0.2, 0.25) is 0 Å². The molecule has 0 unspecified atom stereocenters. The van der Waals surface area contributed by atoms with Crippen molar-refractivity contribution in [3.8, 4) is 10.6 Å². The maximum absolute atomic E-state index is 5.65. The van der Waals surface area contributed by atoms with Crippen molar-refractivity contribution in [2.24, 2.45) is 0 Å². The summed E-state index contributed by atoms with van der Waals surface area (Å²) in [5.74, 6) is 0.587. The van der Waals surface area contributed by atoms with Gasteiger partial charge in [0.25, 0.3) is 0 Å². The van der Waals surface area contributed by atoms with E-state index in [2.05, 4.69) is 15.2 Å². The number of halogens is 1. The number of aryl methyl sites for hydroxylation is 2. The van der Waals surface area contributed by atoms with Crippen LogP contribution in [0.25, 0.3) is 10.6 Å². The first-order valence-electron chi connectivity index (χ1n) is 4.60. The van der Waals surface area contributed by atoms with E-state index in [1.54, 1.807) is 17.5 Å². The lowest BCUT2D eigenvalue weighted by Gasteiger charge is -1.98. The van der Waals surface area contributed by atoms with Crippen LogP contribution in [0, 0.1) is 6.92 Å². The molecule has 0 saturated carbocycles. The second-order valence-electron chi connectivity index (χ2n) is 3.13. The summed E-state index contributed by atoms with van der Waals surface area (Å²) in [5, 5.41) is 10.2. The molecule has 0 amide bonds. The van der Waals surface area contributed by atoms with Gasteiger partial charge in [-0.15, -0.1) is 21.8 Å². The second-order valence-corrected chi connectivity index (χ2v) is 4.57. The standard InChI is InChI=1S/C10H10ClN3S/c1-7-6-12-5-3-8(7)10-14-13-9(15-10)2-4-11/h3,5-6H,2,4H2,1H3. The topological polar surface area (TPSA) is 38.7 Å². The summed E-state index contributed by atoms with van der Waals surface area (Å²) < 4.78 is 0. The fourth-order valence-electron chi connectivity index (χ4n) is 1.26. The van der Waals surface area contributed by atoms with Gasteiger partial charge in [-0.05, 0) is 18.6 Å². The summed E-state index contributed by atoms with van der Waals surface area (Å²) in [7, 11) is 0. The number of hydrogen-bond donors (Lipinski definition) is 0. The van der Waals surface area contributed by atoms with E-state index in [9.17, 15) is 0 Å². The summed E-state index contributed by atoms with van der Waals surface area (Å²) in [5.41, 5.74) is 2.22. The Morgan fingerprint density at radius 3 is 3.00 bits per heavy atom. The summed E-state index contributed by atoms with van der Waals surface area (Å²) in [6, 6.07) is 1.96. The van der Waals surface area contributed by atoms with Gasteiger partial charge in [0.1, 0.15) is 10.0 Å². The highest BCUT2D eigenvalue weighted by atomic mass is 35.5. The minimum Gasteiger partial charge on any atom is -0.264 e. The van der Waals surface area contributed by atoms with Gasteiger partial charge in [-0.3, -0.25) is 4.98 Å². The molecule has 0 aliphatic carbocycles. The van der Waals surface area contributed by atoms with E-state index in [0.717, 1.165) is 27.6 Å². The Hall–Kier alpha value is -1.00. The lowest BCUT2D eigenvalue weighted by molar-refractivity contribution is 0.989. The lowest BCUT2D eigenvalue weighted by atomic mass is 10.2. The van der Waals surface area contributed by atoms with Gasteiger partial charge in [-0.1, -0.05) is 11.3 Å². The molecule has 0 fully saturated rings. The molecule has 2 aromatic rings. The van der Waals surface area contributed by atoms with Crippen molar-refractivity contribution >= 4 is 22.9 Å². The number of hydrogen-bond acceptors (Lipinski definition) is 4. The number of nitrogens with zero attached hydrogens (tertiary/aromatic N) is 3. The van der Waals surface area contributed by atoms with Gasteiger partial charge >= 0.3 is 0 Å². The van der Waals surface area contributed by atoms with E-state index in [1.807, 2.05) is 19.2 Å². The van der Waals surface area contributed by atoms with Crippen molar-refractivity contribution in [1.82, 2.24) is 15.2 Å². The third-order valence-corrected chi connectivity index (χ3v) is 3.23. The van der Waals surface area contributed by atoms with Gasteiger partial charge < -0.3 is 0 Å². The van der Waals surface area contributed by atoms with Crippen LogP contribution in [0.3, 0.4) is 0 Å². The van der Waals surface area contributed by atoms with Gasteiger partial charge in [-0.25, -0.2) is 0 Å². The minimum absolute atomic E-state index is 0.587. The van der Waals surface area contributed by atoms with Crippen molar-refractivity contribution in [1.29, 1.82) is 0 Å². The molecular formula is C10H10ClN3S. The van der Waals surface area contributed by atoms with E-state index in [-0.39, 0.29) is 0 Å². The first-order chi connectivity index (χ1) is 7.31. The van der Waals surface area contributed by atoms with Gasteiger partial charge in [0, 0.05) is 30.3 Å². The molecule has 2 heterocycles. The predicted molar refractivity (Wildman–Crippen MR) is 62.3 cm³/mol. The quantitative estimate of drug-likeness (QED) is 0.773. The molecule has 0 bridgehead atoms. The molecule has 2 rings (SSSR count). The van der Waals surface area contributed by atoms with Crippen LogP contribution < -0.4 is 0 Å². The van der Waals surface area contributed by atoms with Crippen LogP contribution in [0.2, 0.25) is 0 Å². The third-order valence-electron chi connectivity index (χ3n) is 2.03. The van der Waals surface area contributed by atoms with Crippen LogP contribution in [-0.4, -0.2) is 21.1 Å². The highest BCUT2D eigenvalue weighted by Crippen LogP contribution is 2.25. The van der Waals surface area contributed by atoms with E-state index in [0.29, 0.717) is 5.88 Å². The highest BCUT2D eigenvalue weighted by molar-refractivity contribution is 7.14. The van der Waals surface area contributed by atoms with Crippen LogP contribution in [0.15, 0.2) is 18.5 Å². The minimum atomic E-state index is 0.587. The zero-order chi connectivity index (χ0) is 10.7. The fraction of sp³-hybridized carbons (Fsp3) is 0.300. The first kappa shape index (κ1) is 10.5. The summed E-state index contributed by atoms with van der Waals surface area (Å²) in [6.07, 6.45) is 4.38. The molecule has 78 valence electrons. The maximum atomic E-state index is 5.65. The van der Waals surface area contributed by atoms with Crippen molar-refractivity contribution in [2.75, 3.05) is 5.88 Å². The molecule has 0 aliphatic heterocycles. The lowest BCUT2D eigenvalue weighted by Crippen LogP contribution is -1.84. The van der Waals surface area contributed by atoms with E-state index in [1.165, 1.54) is 0 Å². The first-order valence-corrected chi connectivity index (χ1v) is 5.95. The Morgan fingerprint density at radius 2 is 2.27 bits per heavy atom. The normalized spacial score (nSPS) is 10.5. The Kier molecular flexibility index (Phi) is 3.28. The molecule has 0 atom stereocenters. The zero-order valence-corrected chi connectivity index (χ0v) is 9.85. The summed E-state index contributed by atoms with van der Waals surface area (Å²) in [6.45, 7) is 2.02. The number of alkyl halides is 1. The monoisotopic (exact) mass is 239 g/mol. The number of aromatic nitrogens is 3. The number of pyridine rings is 1. The van der Waals surface area contributed by atoms with Crippen LogP contribution in [0.1, 0.15) is 10.6 Å². The average Bonchev–Trinajstić information content (AvgIpc) is 2.68. The third kappa shape index (κ3) is 2.33. The van der Waals surface area contributed by atoms with Crippen LogP contribution in [0.5, 0.6) is 0 Å². The molecule has 5 heteroatoms. The van der Waals surface area contributed by atoms with E-state index >= 15 is 0 Å². The van der Waals surface area contributed by atoms with Crippen molar-refractivity contribution in [2.45, 2.75) is 13.3 Å². The average molecular weight is 240 g/mol. The Balaban J connectivity index is 2.33. The molecule has 0 radical (unpaired) electrons. The smallest absolute Gasteiger partial charge is 0.148 e. The molecule has 3 nitrogen and oxygen atoms in total. The van der Waals surface area contributed by atoms with Crippen LogP contribution in [0.4, 0.5) is 0 Å². The van der Waals surface area contributed by atoms with Gasteiger partial charge in [-0.2, -0.15) is 0 Å². The van der Waals surface area contributed by atoms with Crippen LogP contribution >= 0.6 is 22.9 Å². The Labute approximate surface area is 97.2 Å². The van der Waals surface area contributed by atoms with Gasteiger partial charge in [0.05, 0.1) is 0 Å².